The number of nitrogens with two attached hydrogens (primary N) is 2. The maximum atomic E-state index is 11.7. The Morgan fingerprint density at radius 2 is 2.00 bits per heavy atom. The quantitative estimate of drug-likeness (QED) is 0.569. The van der Waals surface area contributed by atoms with Crippen molar-refractivity contribution in [3.05, 3.63) is 47.8 Å². The number of hydrogen-bond donors (Lipinski definition) is 3. The van der Waals surface area contributed by atoms with Gasteiger partial charge in [-0.1, -0.05) is 0 Å². The van der Waals surface area contributed by atoms with Crippen LogP contribution < -0.4 is 21.5 Å². The molecule has 0 radical (unpaired) electrons. The molecule has 0 saturated carbocycles. The molecule has 2 aromatic carbocycles. The number of ether oxygens (including phenoxy) is 2. The molecule has 0 unspecified atom stereocenters. The van der Waals surface area contributed by atoms with Crippen LogP contribution in [0.4, 0.5) is 17.2 Å². The van der Waals surface area contributed by atoms with Crippen LogP contribution in [0.15, 0.2) is 36.7 Å². The summed E-state index contributed by atoms with van der Waals surface area (Å²) in [5, 5.41) is 4.20. The van der Waals surface area contributed by atoms with Gasteiger partial charge in [-0.05, 0) is 42.8 Å². The zero-order chi connectivity index (χ0) is 20.4. The molecule has 2 heterocycles. The predicted molar refractivity (Wildman–Crippen MR) is 111 cm³/mol. The predicted octanol–water partition coefficient (Wildman–Crippen LogP) is 2.92. The van der Waals surface area contributed by atoms with E-state index in [0.29, 0.717) is 41.7 Å². The third-order valence-electron chi connectivity index (χ3n) is 4.94. The molecule has 150 valence electrons. The van der Waals surface area contributed by atoms with Crippen LogP contribution in [0, 0.1) is 6.92 Å². The fraction of sp³-hybridized carbons (Fsp3) is 0.286. The number of anilines is 3. The maximum absolute atomic E-state index is 11.7. The van der Waals surface area contributed by atoms with E-state index < -0.39 is 5.91 Å². The summed E-state index contributed by atoms with van der Waals surface area (Å²) in [5.74, 6) is 0.677. The summed E-state index contributed by atoms with van der Waals surface area (Å²) >= 11 is 0. The van der Waals surface area contributed by atoms with E-state index >= 15 is 0 Å². The lowest BCUT2D eigenvalue weighted by Crippen LogP contribution is -2.26. The van der Waals surface area contributed by atoms with Crippen molar-refractivity contribution in [3.63, 3.8) is 0 Å². The van der Waals surface area contributed by atoms with Crippen LogP contribution in [0.3, 0.4) is 0 Å². The van der Waals surface area contributed by atoms with Crippen LogP contribution >= 0.6 is 0 Å². The molecule has 1 aromatic heterocycles. The number of aryl methyl sites for hydroxylation is 1. The van der Waals surface area contributed by atoms with Crippen LogP contribution in [0.2, 0.25) is 0 Å². The van der Waals surface area contributed by atoms with Gasteiger partial charge in [0.25, 0.3) is 0 Å². The third-order valence-corrected chi connectivity index (χ3v) is 4.94. The molecule has 1 fully saturated rings. The van der Waals surface area contributed by atoms with Crippen molar-refractivity contribution in [1.82, 2.24) is 9.97 Å². The molecule has 1 saturated heterocycles. The van der Waals surface area contributed by atoms with Gasteiger partial charge in [0.05, 0.1) is 24.4 Å². The van der Waals surface area contributed by atoms with Gasteiger partial charge in [-0.2, -0.15) is 0 Å². The molecule has 0 bridgehead atoms. The summed E-state index contributed by atoms with van der Waals surface area (Å²) in [4.78, 5) is 20.4. The Morgan fingerprint density at radius 1 is 1.21 bits per heavy atom. The molecular weight excluding hydrogens is 370 g/mol. The van der Waals surface area contributed by atoms with Gasteiger partial charge in [0.15, 0.2) is 0 Å². The van der Waals surface area contributed by atoms with Crippen LogP contribution in [-0.4, -0.2) is 35.2 Å². The summed E-state index contributed by atoms with van der Waals surface area (Å²) in [5.41, 5.74) is 14.8. The molecule has 29 heavy (non-hydrogen) atoms. The first-order valence-corrected chi connectivity index (χ1v) is 9.47. The Balaban J connectivity index is 1.73. The molecule has 5 N–H and O–H groups in total. The lowest BCUT2D eigenvalue weighted by atomic mass is 10.1. The number of hydrogen-bond acceptors (Lipinski definition) is 7. The number of nitrogen functional groups attached to an aromatic ring is 1. The Labute approximate surface area is 168 Å². The first-order valence-electron chi connectivity index (χ1n) is 9.47. The molecule has 0 spiro atoms. The van der Waals surface area contributed by atoms with E-state index in [1.165, 1.54) is 6.33 Å². The Bertz CT molecular complexity index is 1060. The monoisotopic (exact) mass is 393 g/mol. The van der Waals surface area contributed by atoms with Gasteiger partial charge >= 0.3 is 0 Å². The summed E-state index contributed by atoms with van der Waals surface area (Å²) < 4.78 is 11.6. The van der Waals surface area contributed by atoms with Crippen molar-refractivity contribution < 1.29 is 14.3 Å². The van der Waals surface area contributed by atoms with Crippen LogP contribution in [0.25, 0.3) is 10.9 Å². The Kier molecular flexibility index (Phi) is 5.18. The first kappa shape index (κ1) is 18.9. The Morgan fingerprint density at radius 3 is 2.76 bits per heavy atom. The molecule has 8 nitrogen and oxygen atoms in total. The zero-order valence-electron chi connectivity index (χ0n) is 16.1. The summed E-state index contributed by atoms with van der Waals surface area (Å²) in [6.07, 6.45) is 3.07. The second-order valence-electron chi connectivity index (χ2n) is 7.08. The van der Waals surface area contributed by atoms with Crippen LogP contribution in [0.1, 0.15) is 28.8 Å². The van der Waals surface area contributed by atoms with E-state index in [4.69, 9.17) is 20.9 Å². The van der Waals surface area contributed by atoms with E-state index in [1.807, 2.05) is 19.1 Å². The van der Waals surface area contributed by atoms with Crippen LogP contribution in [0.5, 0.6) is 5.75 Å². The number of aromatic nitrogens is 2. The standard InChI is InChI=1S/C21H23N5O3/c1-12-8-14(22)10-17-19(12)21(25-11-24-17)26-16-3-2-13(20(23)27)9-18(16)29-15-4-6-28-7-5-15/h2-3,8-11,15H,4-7,22H2,1H3,(H2,23,27)(H,24,25,26). The number of fused-ring (bicyclic) bond motifs is 1. The number of nitrogens with zero attached hydrogens (tertiary/aromatic N) is 2. The highest BCUT2D eigenvalue weighted by Gasteiger charge is 2.19. The van der Waals surface area contributed by atoms with E-state index in [-0.39, 0.29) is 6.10 Å². The van der Waals surface area contributed by atoms with Crippen LogP contribution in [-0.2, 0) is 4.74 Å². The topological polar surface area (TPSA) is 125 Å². The van der Waals surface area contributed by atoms with E-state index in [2.05, 4.69) is 15.3 Å². The zero-order valence-corrected chi connectivity index (χ0v) is 16.1. The van der Waals surface area contributed by atoms with E-state index in [0.717, 1.165) is 29.3 Å². The molecular formula is C21H23N5O3. The van der Waals surface area contributed by atoms with Crippen molar-refractivity contribution >= 4 is 34.0 Å². The minimum absolute atomic E-state index is 0.0103. The average Bonchev–Trinajstić information content (AvgIpc) is 2.69. The molecule has 3 aromatic rings. The third kappa shape index (κ3) is 4.07. The summed E-state index contributed by atoms with van der Waals surface area (Å²) in [6, 6.07) is 8.79. The van der Waals surface area contributed by atoms with E-state index in [9.17, 15) is 4.79 Å². The summed E-state index contributed by atoms with van der Waals surface area (Å²) in [6.45, 7) is 3.27. The first-order chi connectivity index (χ1) is 14.0. The largest absolute Gasteiger partial charge is 0.488 e. The average molecular weight is 393 g/mol. The SMILES string of the molecule is Cc1cc(N)cc2ncnc(Nc3ccc(C(N)=O)cc3OC3CCOCC3)c12. The Hall–Kier alpha value is -3.39. The lowest BCUT2D eigenvalue weighted by Gasteiger charge is -2.25. The number of carbonyl (C=O) groups is 1. The van der Waals surface area contributed by atoms with Crippen molar-refractivity contribution in [3.8, 4) is 5.75 Å². The number of rotatable bonds is 5. The van der Waals surface area contributed by atoms with E-state index in [1.54, 1.807) is 18.2 Å². The number of benzene rings is 2. The molecule has 1 amide bonds. The molecule has 4 rings (SSSR count). The van der Waals surface area contributed by atoms with Gasteiger partial charge in [-0.3, -0.25) is 4.79 Å². The highest BCUT2D eigenvalue weighted by molar-refractivity contribution is 5.97. The van der Waals surface area contributed by atoms with Gasteiger partial charge in [0, 0.05) is 29.5 Å². The highest BCUT2D eigenvalue weighted by Crippen LogP contribution is 2.34. The molecule has 0 atom stereocenters. The fourth-order valence-corrected chi connectivity index (χ4v) is 3.49. The molecule has 1 aliphatic heterocycles. The van der Waals surface area contributed by atoms with Gasteiger partial charge in [0.1, 0.15) is 24.0 Å². The second-order valence-corrected chi connectivity index (χ2v) is 7.08. The second kappa shape index (κ2) is 7.92. The smallest absolute Gasteiger partial charge is 0.248 e. The highest BCUT2D eigenvalue weighted by atomic mass is 16.5. The minimum Gasteiger partial charge on any atom is -0.488 e. The number of nitrogens with one attached hydrogen (secondary N) is 1. The van der Waals surface area contributed by atoms with Gasteiger partial charge < -0.3 is 26.3 Å². The number of carbonyl (C=O) groups excluding carboxylic acids is 1. The number of amides is 1. The fourth-order valence-electron chi connectivity index (χ4n) is 3.49. The van der Waals surface area contributed by atoms with Gasteiger partial charge in [-0.15, -0.1) is 0 Å². The molecule has 0 aliphatic carbocycles. The number of primary amides is 1. The van der Waals surface area contributed by atoms with Crippen molar-refractivity contribution in [2.45, 2.75) is 25.9 Å². The molecule has 8 heteroatoms. The van der Waals surface area contributed by atoms with Crippen molar-refractivity contribution in [1.29, 1.82) is 0 Å². The van der Waals surface area contributed by atoms with Gasteiger partial charge in [0.2, 0.25) is 5.91 Å². The summed E-state index contributed by atoms with van der Waals surface area (Å²) in [7, 11) is 0. The normalized spacial score (nSPS) is 14.7. The van der Waals surface area contributed by atoms with Gasteiger partial charge in [-0.25, -0.2) is 9.97 Å². The maximum Gasteiger partial charge on any atom is 0.248 e. The van der Waals surface area contributed by atoms with Crippen molar-refractivity contribution in [2.24, 2.45) is 5.73 Å². The minimum atomic E-state index is -0.507. The van der Waals surface area contributed by atoms with Crippen molar-refractivity contribution in [2.75, 3.05) is 24.3 Å². The molecule has 1 aliphatic rings. The lowest BCUT2D eigenvalue weighted by molar-refractivity contribution is 0.0258.